The van der Waals surface area contributed by atoms with E-state index >= 15 is 0 Å². The number of Topliss-reactive ketones (excluding diaryl/α,β-unsaturated/α-hetero) is 1. The zero-order chi connectivity index (χ0) is 20.1. The highest BCUT2D eigenvalue weighted by Crippen LogP contribution is 2.28. The van der Waals surface area contributed by atoms with Crippen LogP contribution in [-0.2, 0) is 17.6 Å². The number of nitrogens with one attached hydrogen (secondary N) is 1. The van der Waals surface area contributed by atoms with E-state index < -0.39 is 11.8 Å². The van der Waals surface area contributed by atoms with Crippen LogP contribution >= 0.6 is 11.3 Å². The molecule has 1 aromatic carbocycles. The SMILES string of the molecule is C=CCc1c(CC)nc(-c2cccs2)nc1Nc1ccc(C(=O)C(=O)O)cc1. The molecule has 7 heteroatoms. The van der Waals surface area contributed by atoms with Crippen molar-refractivity contribution in [3.05, 3.63) is 71.3 Å². The van der Waals surface area contributed by atoms with Crippen molar-refractivity contribution in [1.29, 1.82) is 0 Å². The quantitative estimate of drug-likeness (QED) is 0.332. The minimum Gasteiger partial charge on any atom is -0.475 e. The van der Waals surface area contributed by atoms with Crippen LogP contribution in [0.2, 0.25) is 0 Å². The normalized spacial score (nSPS) is 10.5. The first-order valence-corrected chi connectivity index (χ1v) is 9.60. The lowest BCUT2D eigenvalue weighted by Crippen LogP contribution is -2.12. The summed E-state index contributed by atoms with van der Waals surface area (Å²) in [6.07, 6.45) is 3.18. The number of carbonyl (C=O) groups is 2. The van der Waals surface area contributed by atoms with Crippen molar-refractivity contribution >= 4 is 34.6 Å². The molecule has 0 saturated heterocycles. The Kier molecular flexibility index (Phi) is 5.96. The van der Waals surface area contributed by atoms with Gasteiger partial charge in [0, 0.05) is 22.5 Å². The maximum absolute atomic E-state index is 11.6. The minimum atomic E-state index is -1.47. The molecular weight excluding hydrogens is 374 g/mol. The van der Waals surface area contributed by atoms with Crippen molar-refractivity contribution in [1.82, 2.24) is 9.97 Å². The summed E-state index contributed by atoms with van der Waals surface area (Å²) in [5, 5.41) is 14.1. The predicted molar refractivity (Wildman–Crippen MR) is 110 cm³/mol. The number of rotatable bonds is 8. The fourth-order valence-corrected chi connectivity index (χ4v) is 3.42. The van der Waals surface area contributed by atoms with E-state index in [2.05, 4.69) is 11.9 Å². The lowest BCUT2D eigenvalue weighted by Gasteiger charge is -2.15. The second-order valence-electron chi connectivity index (χ2n) is 5.98. The molecule has 0 radical (unpaired) electrons. The second-order valence-corrected chi connectivity index (χ2v) is 6.93. The number of allylic oxidation sites excluding steroid dienone is 1. The molecule has 0 aliphatic carbocycles. The topological polar surface area (TPSA) is 92.2 Å². The third-order valence-corrected chi connectivity index (χ3v) is 4.99. The van der Waals surface area contributed by atoms with E-state index in [1.165, 1.54) is 12.1 Å². The van der Waals surface area contributed by atoms with Gasteiger partial charge in [-0.15, -0.1) is 17.9 Å². The molecular formula is C21H19N3O3S. The number of benzene rings is 1. The fraction of sp³-hybridized carbons (Fsp3) is 0.143. The first kappa shape index (κ1) is 19.4. The molecule has 28 heavy (non-hydrogen) atoms. The summed E-state index contributed by atoms with van der Waals surface area (Å²) < 4.78 is 0. The van der Waals surface area contributed by atoms with E-state index in [4.69, 9.17) is 15.1 Å². The third kappa shape index (κ3) is 4.15. The van der Waals surface area contributed by atoms with Crippen molar-refractivity contribution in [3.8, 4) is 10.7 Å². The van der Waals surface area contributed by atoms with E-state index in [0.29, 0.717) is 23.8 Å². The molecule has 2 heterocycles. The van der Waals surface area contributed by atoms with Crippen LogP contribution in [0.4, 0.5) is 11.5 Å². The summed E-state index contributed by atoms with van der Waals surface area (Å²) in [5.41, 5.74) is 2.73. The fourth-order valence-electron chi connectivity index (χ4n) is 2.77. The van der Waals surface area contributed by atoms with Crippen LogP contribution < -0.4 is 5.32 Å². The number of aromatic nitrogens is 2. The largest absolute Gasteiger partial charge is 0.475 e. The van der Waals surface area contributed by atoms with Crippen LogP contribution in [0.1, 0.15) is 28.5 Å². The Labute approximate surface area is 166 Å². The minimum absolute atomic E-state index is 0.126. The number of hydrogen-bond donors (Lipinski definition) is 2. The van der Waals surface area contributed by atoms with Gasteiger partial charge in [-0.2, -0.15) is 0 Å². The van der Waals surface area contributed by atoms with Crippen molar-refractivity contribution in [2.24, 2.45) is 0 Å². The molecule has 0 amide bonds. The van der Waals surface area contributed by atoms with Crippen LogP contribution in [0.5, 0.6) is 0 Å². The maximum atomic E-state index is 11.6. The summed E-state index contributed by atoms with van der Waals surface area (Å²) in [4.78, 5) is 32.8. The second kappa shape index (κ2) is 8.58. The van der Waals surface area contributed by atoms with Gasteiger partial charge in [-0.1, -0.05) is 19.1 Å². The number of hydrogen-bond acceptors (Lipinski definition) is 6. The third-order valence-electron chi connectivity index (χ3n) is 4.12. The first-order valence-electron chi connectivity index (χ1n) is 8.72. The lowest BCUT2D eigenvalue weighted by molar-refractivity contribution is -0.131. The smallest absolute Gasteiger partial charge is 0.377 e. The van der Waals surface area contributed by atoms with Gasteiger partial charge in [-0.25, -0.2) is 14.8 Å². The lowest BCUT2D eigenvalue weighted by atomic mass is 10.1. The van der Waals surface area contributed by atoms with E-state index in [1.807, 2.05) is 30.5 Å². The Hall–Kier alpha value is -3.32. The van der Waals surface area contributed by atoms with Gasteiger partial charge < -0.3 is 10.4 Å². The standard InChI is InChI=1S/C21H19N3O3S/c1-3-6-15-16(4-2)23-20(17-7-5-12-28-17)24-19(15)22-14-10-8-13(9-11-14)18(25)21(26)27/h3,5,7-12H,1,4,6H2,2H3,(H,26,27)(H,22,23,24). The Morgan fingerprint density at radius 3 is 2.54 bits per heavy atom. The molecule has 2 aromatic heterocycles. The first-order chi connectivity index (χ1) is 13.5. The predicted octanol–water partition coefficient (Wildman–Crippen LogP) is 4.51. The van der Waals surface area contributed by atoms with Crippen LogP contribution in [0.3, 0.4) is 0 Å². The van der Waals surface area contributed by atoms with Gasteiger partial charge in [0.15, 0.2) is 5.82 Å². The van der Waals surface area contributed by atoms with E-state index in [-0.39, 0.29) is 5.56 Å². The Bertz CT molecular complexity index is 1010. The van der Waals surface area contributed by atoms with Crippen LogP contribution in [0.15, 0.2) is 54.4 Å². The van der Waals surface area contributed by atoms with E-state index in [9.17, 15) is 9.59 Å². The molecule has 0 aliphatic heterocycles. The molecule has 3 rings (SSSR count). The van der Waals surface area contributed by atoms with Crippen LogP contribution in [0, 0.1) is 0 Å². The maximum Gasteiger partial charge on any atom is 0.377 e. The number of nitrogens with zero attached hydrogens (tertiary/aromatic N) is 2. The Balaban J connectivity index is 1.99. The summed E-state index contributed by atoms with van der Waals surface area (Å²) in [6.45, 7) is 5.87. The highest BCUT2D eigenvalue weighted by molar-refractivity contribution is 7.13. The number of ketones is 1. The van der Waals surface area contributed by atoms with Crippen molar-refractivity contribution in [2.75, 3.05) is 5.32 Å². The molecule has 0 unspecified atom stereocenters. The van der Waals surface area contributed by atoms with Crippen molar-refractivity contribution in [2.45, 2.75) is 19.8 Å². The van der Waals surface area contributed by atoms with Gasteiger partial charge in [0.1, 0.15) is 5.82 Å². The average Bonchev–Trinajstić information content (AvgIpc) is 3.24. The van der Waals surface area contributed by atoms with Crippen molar-refractivity contribution in [3.63, 3.8) is 0 Å². The highest BCUT2D eigenvalue weighted by atomic mass is 32.1. The molecule has 3 aromatic rings. The molecule has 0 saturated carbocycles. The molecule has 142 valence electrons. The number of thiophene rings is 1. The zero-order valence-corrected chi connectivity index (χ0v) is 16.1. The van der Waals surface area contributed by atoms with Crippen LogP contribution in [-0.4, -0.2) is 26.8 Å². The van der Waals surface area contributed by atoms with Gasteiger partial charge in [0.2, 0.25) is 0 Å². The molecule has 0 atom stereocenters. The zero-order valence-electron chi connectivity index (χ0n) is 15.3. The van der Waals surface area contributed by atoms with Gasteiger partial charge in [0.25, 0.3) is 5.78 Å². The van der Waals surface area contributed by atoms with Gasteiger partial charge in [0.05, 0.1) is 4.88 Å². The summed E-state index contributed by atoms with van der Waals surface area (Å²) in [6, 6.07) is 10.2. The Morgan fingerprint density at radius 1 is 1.21 bits per heavy atom. The highest BCUT2D eigenvalue weighted by Gasteiger charge is 2.16. The average molecular weight is 393 g/mol. The van der Waals surface area contributed by atoms with Gasteiger partial charge in [-0.3, -0.25) is 4.79 Å². The molecule has 2 N–H and O–H groups in total. The molecule has 6 nitrogen and oxygen atoms in total. The number of aliphatic carboxylic acids is 1. The van der Waals surface area contributed by atoms with Gasteiger partial charge >= 0.3 is 5.97 Å². The van der Waals surface area contributed by atoms with E-state index in [0.717, 1.165) is 22.6 Å². The molecule has 0 aliphatic rings. The number of carbonyl (C=O) groups excluding carboxylic acids is 1. The van der Waals surface area contributed by atoms with E-state index in [1.54, 1.807) is 23.5 Å². The van der Waals surface area contributed by atoms with Crippen LogP contribution in [0.25, 0.3) is 10.7 Å². The molecule has 0 fully saturated rings. The monoisotopic (exact) mass is 393 g/mol. The summed E-state index contributed by atoms with van der Waals surface area (Å²) >= 11 is 1.57. The van der Waals surface area contributed by atoms with Crippen molar-refractivity contribution < 1.29 is 14.7 Å². The number of aryl methyl sites for hydroxylation is 1. The summed E-state index contributed by atoms with van der Waals surface area (Å²) in [7, 11) is 0. The van der Waals surface area contributed by atoms with Gasteiger partial charge in [-0.05, 0) is 48.6 Å². The number of anilines is 2. The molecule has 0 bridgehead atoms. The summed E-state index contributed by atoms with van der Waals surface area (Å²) in [5.74, 6) is -1.08. The number of carboxylic acids is 1. The number of carboxylic acid groups (broad SMARTS) is 1. The Morgan fingerprint density at radius 2 is 1.96 bits per heavy atom. The molecule has 0 spiro atoms.